The molecule has 0 spiro atoms. The van der Waals surface area contributed by atoms with Crippen molar-refractivity contribution in [1.82, 2.24) is 4.98 Å². The second kappa shape index (κ2) is 9.90. The highest BCUT2D eigenvalue weighted by Gasteiger charge is 2.21. The van der Waals surface area contributed by atoms with Gasteiger partial charge in [-0.1, -0.05) is 35.9 Å². The third-order valence-corrected chi connectivity index (χ3v) is 8.90. The summed E-state index contributed by atoms with van der Waals surface area (Å²) in [6, 6.07) is 16.0. The van der Waals surface area contributed by atoms with Crippen molar-refractivity contribution < 1.29 is 26.7 Å². The van der Waals surface area contributed by atoms with Gasteiger partial charge in [0.2, 0.25) is 0 Å². The Morgan fingerprint density at radius 2 is 1.56 bits per heavy atom. The molecule has 0 radical (unpaired) electrons. The molecule has 0 aliphatic rings. The lowest BCUT2D eigenvalue weighted by atomic mass is 10.1. The number of carboxylic acid groups (broad SMARTS) is 1. The summed E-state index contributed by atoms with van der Waals surface area (Å²) in [6.07, 6.45) is 0. The maximum atomic E-state index is 12.8. The van der Waals surface area contributed by atoms with E-state index in [1.54, 1.807) is 36.6 Å². The summed E-state index contributed by atoms with van der Waals surface area (Å²) >= 11 is 6.84. The molecule has 9 nitrogen and oxygen atoms in total. The first-order chi connectivity index (χ1) is 17.0. The van der Waals surface area contributed by atoms with Crippen molar-refractivity contribution in [1.29, 1.82) is 0 Å². The average molecular weight is 564 g/mol. The number of halogens is 1. The molecule has 0 saturated carbocycles. The Labute approximate surface area is 216 Å². The van der Waals surface area contributed by atoms with E-state index in [1.807, 2.05) is 0 Å². The lowest BCUT2D eigenvalue weighted by Gasteiger charge is -2.11. The molecule has 0 bridgehead atoms. The van der Waals surface area contributed by atoms with E-state index in [1.165, 1.54) is 36.4 Å². The molecule has 0 aliphatic carbocycles. The standard InChI is InChI=1S/C23H18ClN3O6S3/c1-14-6-9-17(12-19(14)22(28)29)36(32,33)27-23-25-21(13-34-23)18-4-2-3-5-20(18)26-35(30,31)16-10-7-15(24)8-11-16/h2-13,26H,1H3,(H,25,27)(H,28,29). The van der Waals surface area contributed by atoms with Crippen molar-refractivity contribution in [2.45, 2.75) is 16.7 Å². The number of hydrogen-bond donors (Lipinski definition) is 3. The Morgan fingerprint density at radius 1 is 0.917 bits per heavy atom. The molecule has 4 aromatic rings. The molecule has 1 aromatic heterocycles. The molecule has 13 heteroatoms. The molecule has 3 N–H and O–H groups in total. The van der Waals surface area contributed by atoms with E-state index in [0.29, 0.717) is 21.8 Å². The van der Waals surface area contributed by atoms with Crippen LogP contribution in [0.15, 0.2) is 81.9 Å². The molecule has 3 aromatic carbocycles. The highest BCUT2D eigenvalue weighted by molar-refractivity contribution is 7.93. The van der Waals surface area contributed by atoms with E-state index >= 15 is 0 Å². The van der Waals surface area contributed by atoms with Gasteiger partial charge in [-0.3, -0.25) is 9.44 Å². The van der Waals surface area contributed by atoms with Crippen molar-refractivity contribution in [2.24, 2.45) is 0 Å². The van der Waals surface area contributed by atoms with Crippen LogP contribution in [-0.4, -0.2) is 32.9 Å². The minimum absolute atomic E-state index is 0.0206. The zero-order valence-corrected chi connectivity index (χ0v) is 21.7. The number of anilines is 2. The van der Waals surface area contributed by atoms with Crippen LogP contribution in [0.2, 0.25) is 5.02 Å². The van der Waals surface area contributed by atoms with Gasteiger partial charge in [-0.25, -0.2) is 26.6 Å². The quantitative estimate of drug-likeness (QED) is 0.271. The number of rotatable bonds is 8. The minimum atomic E-state index is -4.12. The van der Waals surface area contributed by atoms with Crippen molar-refractivity contribution in [3.63, 3.8) is 0 Å². The summed E-state index contributed by atoms with van der Waals surface area (Å²) in [7, 11) is -8.05. The summed E-state index contributed by atoms with van der Waals surface area (Å²) in [4.78, 5) is 15.5. The van der Waals surface area contributed by atoms with Crippen LogP contribution >= 0.6 is 22.9 Å². The van der Waals surface area contributed by atoms with Crippen molar-refractivity contribution in [2.75, 3.05) is 9.44 Å². The maximum Gasteiger partial charge on any atom is 0.335 e. The molecule has 36 heavy (non-hydrogen) atoms. The third-order valence-electron chi connectivity index (χ3n) is 5.05. The van der Waals surface area contributed by atoms with E-state index < -0.39 is 26.0 Å². The molecule has 0 atom stereocenters. The normalized spacial score (nSPS) is 11.7. The fourth-order valence-electron chi connectivity index (χ4n) is 3.23. The van der Waals surface area contributed by atoms with Gasteiger partial charge in [0.05, 0.1) is 26.7 Å². The summed E-state index contributed by atoms with van der Waals surface area (Å²) in [6.45, 7) is 1.57. The average Bonchev–Trinajstić information content (AvgIpc) is 3.27. The zero-order chi connectivity index (χ0) is 26.1. The number of aromatic carboxylic acids is 1. The maximum absolute atomic E-state index is 12.8. The number of nitrogens with zero attached hydrogens (tertiary/aromatic N) is 1. The summed E-state index contributed by atoms with van der Waals surface area (Å²) < 4.78 is 56.2. The van der Waals surface area contributed by atoms with Gasteiger partial charge < -0.3 is 5.11 Å². The van der Waals surface area contributed by atoms with Crippen LogP contribution in [0.25, 0.3) is 11.3 Å². The Morgan fingerprint density at radius 3 is 2.25 bits per heavy atom. The van der Waals surface area contributed by atoms with Crippen molar-refractivity contribution >= 4 is 59.8 Å². The number of aromatic nitrogens is 1. The largest absolute Gasteiger partial charge is 0.478 e. The van der Waals surface area contributed by atoms with Crippen LogP contribution in [0.5, 0.6) is 0 Å². The van der Waals surface area contributed by atoms with Gasteiger partial charge in [0.25, 0.3) is 20.0 Å². The fourth-order valence-corrected chi connectivity index (χ4v) is 6.42. The topological polar surface area (TPSA) is 143 Å². The molecule has 0 aliphatic heterocycles. The Bertz CT molecular complexity index is 1670. The van der Waals surface area contributed by atoms with Gasteiger partial charge in [0.1, 0.15) is 0 Å². The van der Waals surface area contributed by atoms with Gasteiger partial charge >= 0.3 is 5.97 Å². The summed E-state index contributed by atoms with van der Waals surface area (Å²) in [5.74, 6) is -1.24. The lowest BCUT2D eigenvalue weighted by molar-refractivity contribution is 0.0696. The van der Waals surface area contributed by atoms with Crippen LogP contribution < -0.4 is 9.44 Å². The monoisotopic (exact) mass is 563 g/mol. The first-order valence-electron chi connectivity index (χ1n) is 10.2. The number of carboxylic acids is 1. The first-order valence-corrected chi connectivity index (χ1v) is 14.4. The van der Waals surface area contributed by atoms with E-state index in [9.17, 15) is 26.7 Å². The highest BCUT2D eigenvalue weighted by Crippen LogP contribution is 2.33. The zero-order valence-electron chi connectivity index (χ0n) is 18.5. The molecule has 186 valence electrons. The van der Waals surface area contributed by atoms with Gasteiger partial charge in [-0.05, 0) is 55.0 Å². The predicted octanol–water partition coefficient (Wildman–Crippen LogP) is 5.07. The molecular weight excluding hydrogens is 546 g/mol. The molecule has 1 heterocycles. The molecule has 0 saturated heterocycles. The van der Waals surface area contributed by atoms with E-state index in [0.717, 1.165) is 17.4 Å². The van der Waals surface area contributed by atoms with E-state index in [2.05, 4.69) is 14.4 Å². The number of aryl methyl sites for hydroxylation is 1. The van der Waals surface area contributed by atoms with Gasteiger partial charge in [-0.2, -0.15) is 0 Å². The second-order valence-electron chi connectivity index (χ2n) is 7.53. The Hall–Kier alpha value is -3.45. The number of sulfonamides is 2. The molecule has 0 fully saturated rings. The third kappa shape index (κ3) is 5.51. The van der Waals surface area contributed by atoms with Crippen LogP contribution in [0, 0.1) is 6.92 Å². The van der Waals surface area contributed by atoms with Crippen molar-refractivity contribution in [3.8, 4) is 11.3 Å². The number of para-hydroxylation sites is 1. The molecule has 0 unspecified atom stereocenters. The Kier molecular flexibility index (Phi) is 7.05. The van der Waals surface area contributed by atoms with Gasteiger partial charge in [0, 0.05) is 16.0 Å². The number of nitrogens with one attached hydrogen (secondary N) is 2. The smallest absolute Gasteiger partial charge is 0.335 e. The summed E-state index contributed by atoms with van der Waals surface area (Å²) in [5, 5.41) is 11.3. The second-order valence-corrected chi connectivity index (χ2v) is 12.2. The number of thiazole rings is 1. The highest BCUT2D eigenvalue weighted by atomic mass is 35.5. The van der Waals surface area contributed by atoms with Crippen LogP contribution in [0.1, 0.15) is 15.9 Å². The van der Waals surface area contributed by atoms with E-state index in [4.69, 9.17) is 11.6 Å². The van der Waals surface area contributed by atoms with Gasteiger partial charge in [0.15, 0.2) is 5.13 Å². The molecule has 4 rings (SSSR count). The first kappa shape index (κ1) is 25.6. The van der Waals surface area contributed by atoms with Gasteiger partial charge in [-0.15, -0.1) is 11.3 Å². The van der Waals surface area contributed by atoms with Crippen LogP contribution in [0.4, 0.5) is 10.8 Å². The van der Waals surface area contributed by atoms with Crippen LogP contribution in [-0.2, 0) is 20.0 Å². The number of hydrogen-bond acceptors (Lipinski definition) is 7. The number of carbonyl (C=O) groups is 1. The Balaban J connectivity index is 1.61. The number of benzene rings is 3. The SMILES string of the molecule is Cc1ccc(S(=O)(=O)Nc2nc(-c3ccccc3NS(=O)(=O)c3ccc(Cl)cc3)cs2)cc1C(=O)O. The molecular formula is C23H18ClN3O6S3. The molecule has 0 amide bonds. The fraction of sp³-hybridized carbons (Fsp3) is 0.0435. The lowest BCUT2D eigenvalue weighted by Crippen LogP contribution is -2.14. The van der Waals surface area contributed by atoms with E-state index in [-0.39, 0.29) is 26.2 Å². The minimum Gasteiger partial charge on any atom is -0.478 e. The van der Waals surface area contributed by atoms with Crippen molar-refractivity contribution in [3.05, 3.63) is 88.3 Å². The predicted molar refractivity (Wildman–Crippen MR) is 139 cm³/mol. The van der Waals surface area contributed by atoms with Crippen LogP contribution in [0.3, 0.4) is 0 Å². The summed E-state index contributed by atoms with van der Waals surface area (Å²) in [5.41, 5.74) is 1.31.